The van der Waals surface area contributed by atoms with E-state index in [1.54, 1.807) is 14.2 Å². The second-order valence-electron chi connectivity index (χ2n) is 5.70. The van der Waals surface area contributed by atoms with Gasteiger partial charge >= 0.3 is 0 Å². The van der Waals surface area contributed by atoms with Crippen LogP contribution >= 0.6 is 0 Å². The summed E-state index contributed by atoms with van der Waals surface area (Å²) >= 11 is 0. The van der Waals surface area contributed by atoms with E-state index in [0.29, 0.717) is 32.0 Å². The molecule has 122 valence electrons. The van der Waals surface area contributed by atoms with Gasteiger partial charge in [0.05, 0.1) is 6.61 Å². The zero-order valence-electron chi connectivity index (χ0n) is 13.6. The van der Waals surface area contributed by atoms with Crippen molar-refractivity contribution in [3.63, 3.8) is 0 Å². The Kier molecular flexibility index (Phi) is 8.82. The molecule has 0 aromatic heterocycles. The molecule has 1 aliphatic carbocycles. The van der Waals surface area contributed by atoms with Crippen molar-refractivity contribution in [2.24, 2.45) is 10.9 Å². The highest BCUT2D eigenvalue weighted by Crippen LogP contribution is 2.27. The zero-order valence-corrected chi connectivity index (χ0v) is 13.6. The summed E-state index contributed by atoms with van der Waals surface area (Å²) in [4.78, 5) is 15.9. The fourth-order valence-electron chi connectivity index (χ4n) is 2.65. The Morgan fingerprint density at radius 1 is 1.29 bits per heavy atom. The van der Waals surface area contributed by atoms with E-state index in [0.717, 1.165) is 5.96 Å². The molecule has 1 saturated carbocycles. The molecule has 3 N–H and O–H groups in total. The second kappa shape index (κ2) is 10.4. The van der Waals surface area contributed by atoms with E-state index in [4.69, 9.17) is 4.74 Å². The van der Waals surface area contributed by atoms with Crippen LogP contribution in [0, 0.1) is 5.92 Å². The Morgan fingerprint density at radius 2 is 1.95 bits per heavy atom. The molecule has 1 atom stereocenters. The van der Waals surface area contributed by atoms with E-state index >= 15 is 0 Å². The van der Waals surface area contributed by atoms with Gasteiger partial charge in [0, 0.05) is 39.7 Å². The molecule has 1 amide bonds. The maximum absolute atomic E-state index is 11.8. The molecular weight excluding hydrogens is 268 g/mol. The third-order valence-electron chi connectivity index (χ3n) is 3.71. The number of rotatable bonds is 8. The highest BCUT2D eigenvalue weighted by atomic mass is 16.5. The molecular formula is C15H30N4O2. The fourth-order valence-corrected chi connectivity index (χ4v) is 2.65. The molecule has 6 nitrogen and oxygen atoms in total. The first-order valence-electron chi connectivity index (χ1n) is 7.88. The van der Waals surface area contributed by atoms with E-state index < -0.39 is 0 Å². The average Bonchev–Trinajstić information content (AvgIpc) is 2.95. The maximum Gasteiger partial charge on any atom is 0.220 e. The summed E-state index contributed by atoms with van der Waals surface area (Å²) in [6.45, 7) is 3.93. The lowest BCUT2D eigenvalue weighted by Gasteiger charge is -2.17. The van der Waals surface area contributed by atoms with E-state index in [1.807, 2.05) is 6.92 Å². The van der Waals surface area contributed by atoms with Gasteiger partial charge in [-0.3, -0.25) is 9.79 Å². The smallest absolute Gasteiger partial charge is 0.220 e. The number of nitrogens with one attached hydrogen (secondary N) is 3. The predicted molar refractivity (Wildman–Crippen MR) is 85.4 cm³/mol. The molecule has 0 spiro atoms. The first-order chi connectivity index (χ1) is 10.2. The number of carbonyl (C=O) groups is 1. The minimum atomic E-state index is 0.166. The minimum absolute atomic E-state index is 0.166. The third-order valence-corrected chi connectivity index (χ3v) is 3.71. The summed E-state index contributed by atoms with van der Waals surface area (Å²) < 4.78 is 5.07. The molecule has 0 aliphatic heterocycles. The summed E-state index contributed by atoms with van der Waals surface area (Å²) in [5.41, 5.74) is 0. The molecule has 6 heteroatoms. The molecule has 1 rings (SSSR count). The highest BCUT2D eigenvalue weighted by Gasteiger charge is 2.17. The Bertz CT molecular complexity index is 328. The molecule has 21 heavy (non-hydrogen) atoms. The van der Waals surface area contributed by atoms with Crippen LogP contribution in [0.1, 0.15) is 39.0 Å². The van der Waals surface area contributed by atoms with Crippen LogP contribution in [-0.4, -0.2) is 51.8 Å². The largest absolute Gasteiger partial charge is 0.383 e. The van der Waals surface area contributed by atoms with Crippen LogP contribution in [0.2, 0.25) is 0 Å². The molecule has 1 fully saturated rings. The van der Waals surface area contributed by atoms with Crippen molar-refractivity contribution in [1.29, 1.82) is 0 Å². The quantitative estimate of drug-likeness (QED) is 0.353. The van der Waals surface area contributed by atoms with Crippen LogP contribution in [-0.2, 0) is 9.53 Å². The van der Waals surface area contributed by atoms with Gasteiger partial charge < -0.3 is 20.7 Å². The van der Waals surface area contributed by atoms with Gasteiger partial charge in [0.15, 0.2) is 5.96 Å². The zero-order chi connectivity index (χ0) is 15.5. The van der Waals surface area contributed by atoms with E-state index in [1.165, 1.54) is 25.7 Å². The maximum atomic E-state index is 11.8. The van der Waals surface area contributed by atoms with Crippen LogP contribution in [0.25, 0.3) is 0 Å². The summed E-state index contributed by atoms with van der Waals surface area (Å²) in [5.74, 6) is 1.49. The van der Waals surface area contributed by atoms with Gasteiger partial charge in [0.2, 0.25) is 5.91 Å². The monoisotopic (exact) mass is 298 g/mol. The first kappa shape index (κ1) is 17.8. The average molecular weight is 298 g/mol. The number of methoxy groups -OCH3 is 1. The van der Waals surface area contributed by atoms with E-state index in [-0.39, 0.29) is 11.9 Å². The van der Waals surface area contributed by atoms with Crippen LogP contribution in [0.3, 0.4) is 0 Å². The summed E-state index contributed by atoms with van der Waals surface area (Å²) in [6.07, 6.45) is 5.65. The number of hydrogen-bond donors (Lipinski definition) is 3. The van der Waals surface area contributed by atoms with Crippen LogP contribution in [0.15, 0.2) is 4.99 Å². The predicted octanol–water partition coefficient (Wildman–Crippen LogP) is 0.883. The molecule has 0 aromatic rings. The first-order valence-corrected chi connectivity index (χ1v) is 7.88. The molecule has 1 unspecified atom stereocenters. The lowest BCUT2D eigenvalue weighted by Crippen LogP contribution is -2.46. The summed E-state index contributed by atoms with van der Waals surface area (Å²) in [7, 11) is 3.40. The van der Waals surface area contributed by atoms with Crippen molar-refractivity contribution in [3.8, 4) is 0 Å². The molecule has 0 saturated heterocycles. The SMILES string of the molecule is CN=C(NCCNC(=O)CC1CCCC1)NC(C)COC. The Morgan fingerprint density at radius 3 is 2.57 bits per heavy atom. The molecule has 0 aromatic carbocycles. The van der Waals surface area contributed by atoms with Crippen molar-refractivity contribution in [1.82, 2.24) is 16.0 Å². The van der Waals surface area contributed by atoms with Gasteiger partial charge in [-0.2, -0.15) is 0 Å². The second-order valence-corrected chi connectivity index (χ2v) is 5.70. The molecule has 0 heterocycles. The molecule has 0 bridgehead atoms. The molecule has 1 aliphatic rings. The van der Waals surface area contributed by atoms with Crippen molar-refractivity contribution in [2.75, 3.05) is 33.9 Å². The fraction of sp³-hybridized carbons (Fsp3) is 0.867. The van der Waals surface area contributed by atoms with Crippen molar-refractivity contribution >= 4 is 11.9 Å². The van der Waals surface area contributed by atoms with Gasteiger partial charge in [-0.05, 0) is 25.7 Å². The minimum Gasteiger partial charge on any atom is -0.383 e. The van der Waals surface area contributed by atoms with Crippen molar-refractivity contribution in [2.45, 2.75) is 45.1 Å². The van der Waals surface area contributed by atoms with Crippen LogP contribution < -0.4 is 16.0 Å². The normalized spacial score (nSPS) is 17.6. The van der Waals surface area contributed by atoms with Gasteiger partial charge in [-0.15, -0.1) is 0 Å². The van der Waals surface area contributed by atoms with Gasteiger partial charge in [0.1, 0.15) is 0 Å². The Hall–Kier alpha value is -1.30. The van der Waals surface area contributed by atoms with E-state index in [9.17, 15) is 4.79 Å². The number of nitrogens with zero attached hydrogens (tertiary/aromatic N) is 1. The lowest BCUT2D eigenvalue weighted by atomic mass is 10.0. The Labute approximate surface area is 128 Å². The van der Waals surface area contributed by atoms with Gasteiger partial charge in [-0.1, -0.05) is 12.8 Å². The van der Waals surface area contributed by atoms with Gasteiger partial charge in [0.25, 0.3) is 0 Å². The standard InChI is InChI=1S/C15H30N4O2/c1-12(11-21-3)19-15(16-2)18-9-8-17-14(20)10-13-6-4-5-7-13/h12-13H,4-11H2,1-3H3,(H,17,20)(H2,16,18,19). The van der Waals surface area contributed by atoms with Crippen molar-refractivity contribution < 1.29 is 9.53 Å². The Balaban J connectivity index is 2.09. The number of carbonyl (C=O) groups excluding carboxylic acids is 1. The lowest BCUT2D eigenvalue weighted by molar-refractivity contribution is -0.121. The highest BCUT2D eigenvalue weighted by molar-refractivity contribution is 5.80. The summed E-state index contributed by atoms with van der Waals surface area (Å²) in [6, 6.07) is 0.193. The summed E-state index contributed by atoms with van der Waals surface area (Å²) in [5, 5.41) is 9.35. The van der Waals surface area contributed by atoms with Crippen LogP contribution in [0.4, 0.5) is 0 Å². The molecule has 0 radical (unpaired) electrons. The van der Waals surface area contributed by atoms with Crippen LogP contribution in [0.5, 0.6) is 0 Å². The number of ether oxygens (including phenoxy) is 1. The van der Waals surface area contributed by atoms with Crippen molar-refractivity contribution in [3.05, 3.63) is 0 Å². The third kappa shape index (κ3) is 7.90. The number of amides is 1. The van der Waals surface area contributed by atoms with E-state index in [2.05, 4.69) is 20.9 Å². The number of hydrogen-bond acceptors (Lipinski definition) is 3. The number of aliphatic imine (C=N–C) groups is 1. The number of guanidine groups is 1. The van der Waals surface area contributed by atoms with Gasteiger partial charge in [-0.25, -0.2) is 0 Å². The topological polar surface area (TPSA) is 74.8 Å².